The zero-order chi connectivity index (χ0) is 12.4. The first-order chi connectivity index (χ1) is 8.11. The number of H-pyrrole nitrogens is 1. The Morgan fingerprint density at radius 1 is 1.53 bits per heavy atom. The van der Waals surface area contributed by atoms with Crippen molar-refractivity contribution in [1.82, 2.24) is 4.98 Å². The van der Waals surface area contributed by atoms with Crippen LogP contribution in [0.1, 0.15) is 18.4 Å². The van der Waals surface area contributed by atoms with Crippen molar-refractivity contribution in [2.24, 2.45) is 0 Å². The monoisotopic (exact) mass is 234 g/mol. The molecule has 0 saturated heterocycles. The lowest BCUT2D eigenvalue weighted by molar-refractivity contribution is -0.482. The number of ether oxygens (including phenoxy) is 1. The smallest absolute Gasteiger partial charge is 0.210 e. The number of methoxy groups -OCH3 is 1. The summed E-state index contributed by atoms with van der Waals surface area (Å²) in [4.78, 5) is 13.3. The Morgan fingerprint density at radius 2 is 2.29 bits per heavy atom. The standard InChI is InChI=1S/C12H14N2O3/c1-8(7-14(15)16)11-6-13-12-5-9(17-2)3-4-10(11)12/h3-6,8,13H,7H2,1-2H3. The molecular formula is C12H14N2O3. The molecule has 2 rings (SSSR count). The number of aromatic nitrogens is 1. The Labute approximate surface area is 98.5 Å². The molecule has 0 bridgehead atoms. The van der Waals surface area contributed by atoms with Crippen molar-refractivity contribution in [2.75, 3.05) is 13.7 Å². The summed E-state index contributed by atoms with van der Waals surface area (Å²) in [7, 11) is 1.61. The number of rotatable bonds is 4. The van der Waals surface area contributed by atoms with Gasteiger partial charge in [-0.15, -0.1) is 0 Å². The van der Waals surface area contributed by atoms with Crippen LogP contribution in [0.4, 0.5) is 0 Å². The number of nitrogens with one attached hydrogen (secondary N) is 1. The fourth-order valence-electron chi connectivity index (χ4n) is 1.98. The summed E-state index contributed by atoms with van der Waals surface area (Å²) in [6, 6.07) is 5.67. The van der Waals surface area contributed by atoms with E-state index in [1.54, 1.807) is 7.11 Å². The molecule has 1 N–H and O–H groups in total. The van der Waals surface area contributed by atoms with Crippen LogP contribution in [0, 0.1) is 10.1 Å². The zero-order valence-corrected chi connectivity index (χ0v) is 9.77. The van der Waals surface area contributed by atoms with Crippen molar-refractivity contribution in [3.63, 3.8) is 0 Å². The largest absolute Gasteiger partial charge is 0.497 e. The second kappa shape index (κ2) is 4.45. The Bertz CT molecular complexity index is 548. The first kappa shape index (κ1) is 11.4. The minimum absolute atomic E-state index is 0.0566. The molecule has 0 amide bonds. The van der Waals surface area contributed by atoms with Crippen LogP contribution < -0.4 is 4.74 Å². The maximum atomic E-state index is 10.5. The van der Waals surface area contributed by atoms with Crippen molar-refractivity contribution < 1.29 is 9.66 Å². The average molecular weight is 234 g/mol. The van der Waals surface area contributed by atoms with Crippen LogP contribution in [0.25, 0.3) is 10.9 Å². The van der Waals surface area contributed by atoms with Crippen LogP contribution in [0.15, 0.2) is 24.4 Å². The molecule has 0 fully saturated rings. The van der Waals surface area contributed by atoms with E-state index in [1.807, 2.05) is 31.3 Å². The molecule has 2 aromatic rings. The number of fused-ring (bicyclic) bond motifs is 1. The van der Waals surface area contributed by atoms with E-state index in [9.17, 15) is 10.1 Å². The maximum Gasteiger partial charge on any atom is 0.210 e. The van der Waals surface area contributed by atoms with Crippen LogP contribution >= 0.6 is 0 Å². The molecular weight excluding hydrogens is 220 g/mol. The van der Waals surface area contributed by atoms with E-state index in [0.29, 0.717) is 0 Å². The van der Waals surface area contributed by atoms with Crippen molar-refractivity contribution in [2.45, 2.75) is 12.8 Å². The van der Waals surface area contributed by atoms with Gasteiger partial charge in [0.05, 0.1) is 7.11 Å². The van der Waals surface area contributed by atoms with Gasteiger partial charge in [-0.25, -0.2) is 0 Å². The number of benzene rings is 1. The van der Waals surface area contributed by atoms with Gasteiger partial charge in [0.2, 0.25) is 6.54 Å². The molecule has 1 unspecified atom stereocenters. The van der Waals surface area contributed by atoms with Crippen LogP contribution in [-0.2, 0) is 0 Å². The molecule has 0 aliphatic heterocycles. The molecule has 90 valence electrons. The van der Waals surface area contributed by atoms with Crippen LogP contribution in [0.2, 0.25) is 0 Å². The van der Waals surface area contributed by atoms with E-state index >= 15 is 0 Å². The summed E-state index contributed by atoms with van der Waals surface area (Å²) < 4.78 is 5.13. The van der Waals surface area contributed by atoms with Gasteiger partial charge in [-0.2, -0.15) is 0 Å². The predicted molar refractivity (Wildman–Crippen MR) is 65.1 cm³/mol. The maximum absolute atomic E-state index is 10.5. The summed E-state index contributed by atoms with van der Waals surface area (Å²) >= 11 is 0. The topological polar surface area (TPSA) is 68.2 Å². The minimum Gasteiger partial charge on any atom is -0.497 e. The first-order valence-electron chi connectivity index (χ1n) is 5.38. The minimum atomic E-state index is -0.285. The number of hydrogen-bond acceptors (Lipinski definition) is 3. The van der Waals surface area contributed by atoms with Crippen molar-refractivity contribution in [3.8, 4) is 5.75 Å². The molecule has 1 heterocycles. The van der Waals surface area contributed by atoms with Gasteiger partial charge in [0.15, 0.2) is 0 Å². The normalized spacial score (nSPS) is 12.6. The lowest BCUT2D eigenvalue weighted by Crippen LogP contribution is -2.08. The highest BCUT2D eigenvalue weighted by atomic mass is 16.6. The zero-order valence-electron chi connectivity index (χ0n) is 9.77. The molecule has 5 heteroatoms. The number of hydrogen-bond donors (Lipinski definition) is 1. The summed E-state index contributed by atoms with van der Waals surface area (Å²) in [5.41, 5.74) is 1.91. The highest BCUT2D eigenvalue weighted by molar-refractivity contribution is 5.85. The van der Waals surface area contributed by atoms with E-state index in [4.69, 9.17) is 4.74 Å². The Morgan fingerprint density at radius 3 is 2.94 bits per heavy atom. The van der Waals surface area contributed by atoms with Crippen molar-refractivity contribution in [3.05, 3.63) is 40.1 Å². The van der Waals surface area contributed by atoms with Gasteiger partial charge in [-0.3, -0.25) is 10.1 Å². The molecule has 1 atom stereocenters. The van der Waals surface area contributed by atoms with E-state index in [2.05, 4.69) is 4.98 Å². The number of nitro groups is 1. The van der Waals surface area contributed by atoms with Crippen LogP contribution in [0.5, 0.6) is 5.75 Å². The van der Waals surface area contributed by atoms with Gasteiger partial charge in [-0.1, -0.05) is 6.92 Å². The van der Waals surface area contributed by atoms with Gasteiger partial charge in [0, 0.05) is 34.0 Å². The SMILES string of the molecule is COc1ccc2c(C(C)C[N+](=O)[O-])c[nH]c2c1. The third-order valence-corrected chi connectivity index (χ3v) is 2.87. The highest BCUT2D eigenvalue weighted by Gasteiger charge is 2.16. The number of aromatic amines is 1. The van der Waals surface area contributed by atoms with E-state index in [0.717, 1.165) is 22.2 Å². The van der Waals surface area contributed by atoms with E-state index in [1.165, 1.54) is 0 Å². The van der Waals surface area contributed by atoms with Crippen LogP contribution in [-0.4, -0.2) is 23.6 Å². The Kier molecular flexibility index (Phi) is 2.99. The van der Waals surface area contributed by atoms with Gasteiger partial charge in [0.25, 0.3) is 0 Å². The second-order valence-corrected chi connectivity index (χ2v) is 4.07. The predicted octanol–water partition coefficient (Wildman–Crippen LogP) is 2.56. The molecule has 17 heavy (non-hydrogen) atoms. The molecule has 5 nitrogen and oxygen atoms in total. The first-order valence-corrected chi connectivity index (χ1v) is 5.38. The van der Waals surface area contributed by atoms with Gasteiger partial charge in [-0.05, 0) is 17.7 Å². The Balaban J connectivity index is 2.39. The fraction of sp³-hybridized carbons (Fsp3) is 0.333. The Hall–Kier alpha value is -2.04. The quantitative estimate of drug-likeness (QED) is 0.653. The molecule has 1 aromatic carbocycles. The fourth-order valence-corrected chi connectivity index (χ4v) is 1.98. The second-order valence-electron chi connectivity index (χ2n) is 4.07. The van der Waals surface area contributed by atoms with Crippen molar-refractivity contribution >= 4 is 10.9 Å². The summed E-state index contributed by atoms with van der Waals surface area (Å²) in [5, 5.41) is 11.5. The van der Waals surface area contributed by atoms with Crippen molar-refractivity contribution in [1.29, 1.82) is 0 Å². The van der Waals surface area contributed by atoms with E-state index < -0.39 is 0 Å². The van der Waals surface area contributed by atoms with Gasteiger partial charge < -0.3 is 9.72 Å². The van der Waals surface area contributed by atoms with Gasteiger partial charge in [0.1, 0.15) is 5.75 Å². The van der Waals surface area contributed by atoms with E-state index in [-0.39, 0.29) is 17.4 Å². The molecule has 0 spiro atoms. The molecule has 1 aromatic heterocycles. The van der Waals surface area contributed by atoms with Crippen LogP contribution in [0.3, 0.4) is 0 Å². The summed E-state index contributed by atoms with van der Waals surface area (Å²) in [5.74, 6) is 0.667. The molecule has 0 aliphatic carbocycles. The molecule has 0 radical (unpaired) electrons. The molecule has 0 saturated carbocycles. The average Bonchev–Trinajstić information content (AvgIpc) is 2.70. The third kappa shape index (κ3) is 2.22. The summed E-state index contributed by atoms with van der Waals surface area (Å²) in [6.07, 6.45) is 1.83. The highest BCUT2D eigenvalue weighted by Crippen LogP contribution is 2.28. The lowest BCUT2D eigenvalue weighted by atomic mass is 10.0. The number of nitrogens with zero attached hydrogens (tertiary/aromatic N) is 1. The summed E-state index contributed by atoms with van der Waals surface area (Å²) in [6.45, 7) is 1.80. The third-order valence-electron chi connectivity index (χ3n) is 2.87. The lowest BCUT2D eigenvalue weighted by Gasteiger charge is -2.05. The van der Waals surface area contributed by atoms with Gasteiger partial charge >= 0.3 is 0 Å². The molecule has 0 aliphatic rings.